The minimum atomic E-state index is -0.765. The second kappa shape index (κ2) is 6.42. The van der Waals surface area contributed by atoms with E-state index < -0.39 is 6.17 Å². The fourth-order valence-corrected chi connectivity index (χ4v) is 3.98. The van der Waals surface area contributed by atoms with Crippen LogP contribution in [-0.4, -0.2) is 60.8 Å². The maximum Gasteiger partial charge on any atom is 0.323 e. The van der Waals surface area contributed by atoms with Gasteiger partial charge in [-0.2, -0.15) is 0 Å². The first-order valence-corrected chi connectivity index (χ1v) is 8.29. The van der Waals surface area contributed by atoms with Crippen LogP contribution < -0.4 is 0 Å². The van der Waals surface area contributed by atoms with Gasteiger partial charge in [-0.05, 0) is 24.9 Å². The lowest BCUT2D eigenvalue weighted by molar-refractivity contribution is -0.142. The molecule has 0 unspecified atom stereocenters. The van der Waals surface area contributed by atoms with Crippen LogP contribution in [0.4, 0.5) is 4.39 Å². The SMILES string of the molecule is CN(C[C@@H]1C[C@H](F)CN1Cc1cccs1)[C@@H]1CCOC1=O. The van der Waals surface area contributed by atoms with Gasteiger partial charge < -0.3 is 4.74 Å². The number of carbonyl (C=O) groups excluding carboxylic acids is 1. The number of ether oxygens (including phenoxy) is 1. The average Bonchev–Trinajstić information content (AvgIpc) is 3.13. The topological polar surface area (TPSA) is 32.8 Å². The molecule has 3 heterocycles. The van der Waals surface area contributed by atoms with Crippen molar-refractivity contribution < 1.29 is 13.9 Å². The Morgan fingerprint density at radius 3 is 3.10 bits per heavy atom. The lowest BCUT2D eigenvalue weighted by Gasteiger charge is -2.29. The van der Waals surface area contributed by atoms with Gasteiger partial charge in [-0.25, -0.2) is 4.39 Å². The number of cyclic esters (lactones) is 1. The van der Waals surface area contributed by atoms with E-state index in [0.29, 0.717) is 26.1 Å². The molecule has 2 aliphatic rings. The lowest BCUT2D eigenvalue weighted by Crippen LogP contribution is -2.44. The number of carbonyl (C=O) groups is 1. The van der Waals surface area contributed by atoms with E-state index in [1.165, 1.54) is 4.88 Å². The first kappa shape index (κ1) is 14.9. The molecule has 0 saturated carbocycles. The maximum absolute atomic E-state index is 13.8. The highest BCUT2D eigenvalue weighted by Gasteiger charge is 2.36. The number of rotatable bonds is 5. The summed E-state index contributed by atoms with van der Waals surface area (Å²) in [7, 11) is 1.94. The van der Waals surface area contributed by atoms with Crippen molar-refractivity contribution in [1.82, 2.24) is 9.80 Å². The summed E-state index contributed by atoms with van der Waals surface area (Å²) in [5.74, 6) is -0.142. The van der Waals surface area contributed by atoms with Crippen molar-refractivity contribution in [1.29, 1.82) is 0 Å². The van der Waals surface area contributed by atoms with Gasteiger partial charge >= 0.3 is 5.97 Å². The number of thiophene rings is 1. The van der Waals surface area contributed by atoms with Crippen molar-refractivity contribution >= 4 is 17.3 Å². The van der Waals surface area contributed by atoms with Crippen molar-refractivity contribution in [3.8, 4) is 0 Å². The van der Waals surface area contributed by atoms with Crippen LogP contribution in [0.25, 0.3) is 0 Å². The molecule has 0 bridgehead atoms. The van der Waals surface area contributed by atoms with Crippen LogP contribution in [0.1, 0.15) is 17.7 Å². The van der Waals surface area contributed by atoms with Crippen molar-refractivity contribution in [3.63, 3.8) is 0 Å². The molecular weight excluding hydrogens is 291 g/mol. The van der Waals surface area contributed by atoms with Gasteiger partial charge in [0.1, 0.15) is 12.2 Å². The summed E-state index contributed by atoms with van der Waals surface area (Å²) >= 11 is 1.71. The molecule has 21 heavy (non-hydrogen) atoms. The van der Waals surface area contributed by atoms with E-state index >= 15 is 0 Å². The van der Waals surface area contributed by atoms with Crippen molar-refractivity contribution in [2.75, 3.05) is 26.7 Å². The molecular formula is C15H21FN2O2S. The van der Waals surface area contributed by atoms with Crippen molar-refractivity contribution in [3.05, 3.63) is 22.4 Å². The molecule has 0 radical (unpaired) electrons. The zero-order valence-corrected chi connectivity index (χ0v) is 13.0. The Kier molecular flexibility index (Phi) is 4.57. The van der Waals surface area contributed by atoms with E-state index in [1.54, 1.807) is 11.3 Å². The van der Waals surface area contributed by atoms with Crippen LogP contribution >= 0.6 is 11.3 Å². The monoisotopic (exact) mass is 312 g/mol. The molecule has 3 atom stereocenters. The highest BCUT2D eigenvalue weighted by Crippen LogP contribution is 2.26. The van der Waals surface area contributed by atoms with Gasteiger partial charge in [-0.3, -0.25) is 14.6 Å². The number of nitrogens with zero attached hydrogens (tertiary/aromatic N) is 2. The predicted octanol–water partition coefficient (Wildman–Crippen LogP) is 1.91. The Bertz CT molecular complexity index is 482. The molecule has 2 aliphatic heterocycles. The maximum atomic E-state index is 13.8. The minimum absolute atomic E-state index is 0.142. The first-order valence-electron chi connectivity index (χ1n) is 7.41. The second-order valence-electron chi connectivity index (χ2n) is 5.91. The number of halogens is 1. The zero-order valence-electron chi connectivity index (χ0n) is 12.2. The van der Waals surface area contributed by atoms with Gasteiger partial charge in [0.05, 0.1) is 6.61 Å². The summed E-state index contributed by atoms with van der Waals surface area (Å²) in [4.78, 5) is 17.1. The molecule has 1 aromatic heterocycles. The molecule has 4 nitrogen and oxygen atoms in total. The molecule has 0 N–H and O–H groups in total. The quantitative estimate of drug-likeness (QED) is 0.778. The molecule has 0 amide bonds. The van der Waals surface area contributed by atoms with E-state index in [0.717, 1.165) is 13.0 Å². The number of hydrogen-bond acceptors (Lipinski definition) is 5. The number of hydrogen-bond donors (Lipinski definition) is 0. The smallest absolute Gasteiger partial charge is 0.323 e. The number of likely N-dealkylation sites (tertiary alicyclic amines) is 1. The summed E-state index contributed by atoms with van der Waals surface area (Å²) in [5, 5.41) is 2.05. The standard InChI is InChI=1S/C15H21FN2O2S/c1-17(14-4-5-20-15(14)19)9-12-7-11(16)8-18(12)10-13-3-2-6-21-13/h2-3,6,11-12,14H,4-5,7-10H2,1H3/t11-,12-,14+/m0/s1. The summed E-state index contributed by atoms with van der Waals surface area (Å²) in [6, 6.07) is 4.12. The van der Waals surface area contributed by atoms with Crippen LogP contribution in [0.15, 0.2) is 17.5 Å². The van der Waals surface area contributed by atoms with Crippen LogP contribution in [-0.2, 0) is 16.1 Å². The van der Waals surface area contributed by atoms with Crippen molar-refractivity contribution in [2.45, 2.75) is 37.6 Å². The summed E-state index contributed by atoms with van der Waals surface area (Å²) in [6.45, 7) is 2.51. The van der Waals surface area contributed by atoms with Gasteiger partial charge in [0, 0.05) is 37.0 Å². The molecule has 116 valence electrons. The number of esters is 1. The minimum Gasteiger partial charge on any atom is -0.464 e. The average molecular weight is 312 g/mol. The highest BCUT2D eigenvalue weighted by atomic mass is 32.1. The summed E-state index contributed by atoms with van der Waals surface area (Å²) < 4.78 is 18.8. The van der Waals surface area contributed by atoms with Gasteiger partial charge in [0.2, 0.25) is 0 Å². The van der Waals surface area contributed by atoms with Gasteiger partial charge in [-0.1, -0.05) is 6.07 Å². The predicted molar refractivity (Wildman–Crippen MR) is 80.0 cm³/mol. The third-order valence-corrected chi connectivity index (χ3v) is 5.22. The molecule has 3 rings (SSSR count). The van der Waals surface area contributed by atoms with Crippen LogP contribution in [0, 0.1) is 0 Å². The number of alkyl halides is 1. The van der Waals surface area contributed by atoms with E-state index in [1.807, 2.05) is 23.4 Å². The molecule has 0 aromatic carbocycles. The normalized spacial score (nSPS) is 30.2. The third-order valence-electron chi connectivity index (χ3n) is 4.35. The van der Waals surface area contributed by atoms with E-state index in [4.69, 9.17) is 4.74 Å². The van der Waals surface area contributed by atoms with Crippen molar-refractivity contribution in [2.24, 2.45) is 0 Å². The van der Waals surface area contributed by atoms with Gasteiger partial charge in [0.25, 0.3) is 0 Å². The lowest BCUT2D eigenvalue weighted by atomic mass is 10.1. The Labute approximate surface area is 128 Å². The fraction of sp³-hybridized carbons (Fsp3) is 0.667. The summed E-state index contributed by atoms with van der Waals surface area (Å²) in [6.07, 6.45) is 0.530. The Morgan fingerprint density at radius 1 is 1.57 bits per heavy atom. The second-order valence-corrected chi connectivity index (χ2v) is 6.94. The number of likely N-dealkylation sites (N-methyl/N-ethyl adjacent to an activating group) is 1. The first-order chi connectivity index (χ1) is 10.1. The summed E-state index contributed by atoms with van der Waals surface area (Å²) in [5.41, 5.74) is 0. The van der Waals surface area contributed by atoms with Crippen LogP contribution in [0.3, 0.4) is 0 Å². The molecule has 1 aromatic rings. The van der Waals surface area contributed by atoms with Crippen LogP contribution in [0.2, 0.25) is 0 Å². The largest absolute Gasteiger partial charge is 0.464 e. The fourth-order valence-electron chi connectivity index (χ4n) is 3.25. The Balaban J connectivity index is 1.60. The van der Waals surface area contributed by atoms with Gasteiger partial charge in [-0.15, -0.1) is 11.3 Å². The molecule has 0 spiro atoms. The highest BCUT2D eigenvalue weighted by molar-refractivity contribution is 7.09. The molecule has 2 fully saturated rings. The van der Waals surface area contributed by atoms with E-state index in [9.17, 15) is 9.18 Å². The molecule has 6 heteroatoms. The van der Waals surface area contributed by atoms with Crippen LogP contribution in [0.5, 0.6) is 0 Å². The molecule has 2 saturated heterocycles. The van der Waals surface area contributed by atoms with E-state index in [2.05, 4.69) is 11.0 Å². The zero-order chi connectivity index (χ0) is 14.8. The van der Waals surface area contributed by atoms with E-state index in [-0.39, 0.29) is 18.1 Å². The molecule has 0 aliphatic carbocycles. The van der Waals surface area contributed by atoms with Gasteiger partial charge in [0.15, 0.2) is 0 Å². The Hall–Kier alpha value is -0.980. The Morgan fingerprint density at radius 2 is 2.43 bits per heavy atom. The third kappa shape index (κ3) is 3.44.